The summed E-state index contributed by atoms with van der Waals surface area (Å²) in [6, 6.07) is 0. The first kappa shape index (κ1) is 36.8. The van der Waals surface area contributed by atoms with Crippen molar-refractivity contribution < 1.29 is 13.6 Å². The quantitative estimate of drug-likeness (QED) is 0.0594. The summed E-state index contributed by atoms with van der Waals surface area (Å²) in [7, 11) is -1.91. The third-order valence-electron chi connectivity index (χ3n) is 6.39. The molecule has 0 fully saturated rings. The molecule has 0 saturated heterocycles. The molecule has 0 aromatic carbocycles. The van der Waals surface area contributed by atoms with Crippen LogP contribution in [0.1, 0.15) is 168 Å². The van der Waals surface area contributed by atoms with E-state index >= 15 is 0 Å². The third kappa shape index (κ3) is 33.7. The summed E-state index contributed by atoms with van der Waals surface area (Å²) >= 11 is 0. The Hall–Kier alpha value is 1.66. The van der Waals surface area contributed by atoms with E-state index in [4.69, 9.17) is 9.05 Å². The Bertz CT molecular complexity index is 337. The van der Waals surface area contributed by atoms with Crippen LogP contribution >= 0.6 is 8.25 Å². The topological polar surface area (TPSA) is 35.5 Å². The summed E-state index contributed by atoms with van der Waals surface area (Å²) in [6.45, 7) is 5.70. The molecule has 193 valence electrons. The van der Waals surface area contributed by atoms with Gasteiger partial charge in [0.15, 0.2) is 0 Å². The molecule has 0 aliphatic heterocycles. The fourth-order valence-electron chi connectivity index (χ4n) is 4.20. The second-order valence-electron chi connectivity index (χ2n) is 9.67. The van der Waals surface area contributed by atoms with Gasteiger partial charge in [0.05, 0.1) is 0 Å². The molecule has 0 aliphatic rings. The molecule has 5 heteroatoms. The normalized spacial score (nSPS) is 11.0. The number of unbranched alkanes of at least 4 members (excludes halogenated alkanes) is 22. The van der Waals surface area contributed by atoms with Crippen molar-refractivity contribution in [1.82, 2.24) is 0 Å². The molecule has 0 amide bonds. The van der Waals surface area contributed by atoms with E-state index in [2.05, 4.69) is 13.8 Å². The van der Waals surface area contributed by atoms with E-state index in [-0.39, 0.29) is 51.4 Å². The Morgan fingerprint density at radius 1 is 0.394 bits per heavy atom. The summed E-state index contributed by atoms with van der Waals surface area (Å²) < 4.78 is 22.4. The molecule has 0 spiro atoms. The van der Waals surface area contributed by atoms with E-state index < -0.39 is 8.25 Å². The van der Waals surface area contributed by atoms with Gasteiger partial charge in [0, 0.05) is 55.9 Å². The van der Waals surface area contributed by atoms with E-state index in [0.29, 0.717) is 13.2 Å². The van der Waals surface area contributed by atoms with Crippen LogP contribution in [0.15, 0.2) is 0 Å². The summed E-state index contributed by atoms with van der Waals surface area (Å²) in [5.74, 6) is 0. The van der Waals surface area contributed by atoms with Crippen LogP contribution in [-0.2, 0) is 13.6 Å². The zero-order valence-corrected chi connectivity index (χ0v) is 27.1. The minimum Gasteiger partial charge on any atom is -0.119 e. The first-order chi connectivity index (χ1) is 15.8. The first-order valence-electron chi connectivity index (χ1n) is 14.5. The molecular weight excluding hydrogens is 454 g/mol. The van der Waals surface area contributed by atoms with Crippen LogP contribution in [0.5, 0.6) is 0 Å². The average Bonchev–Trinajstić information content (AvgIpc) is 2.80. The summed E-state index contributed by atoms with van der Waals surface area (Å²) in [4.78, 5) is 0. The van der Waals surface area contributed by atoms with Crippen LogP contribution < -0.4 is 0 Å². The monoisotopic (exact) mass is 512 g/mol. The average molecular weight is 513 g/mol. The molecule has 0 N–H and O–H groups in total. The molecule has 0 aromatic rings. The predicted octanol–water partition coefficient (Wildman–Crippen LogP) is 10.7. The molecule has 1 radical (unpaired) electrons. The maximum atomic E-state index is 11.7. The van der Waals surface area contributed by atoms with Gasteiger partial charge in [0.25, 0.3) is 0 Å². The van der Waals surface area contributed by atoms with Gasteiger partial charge in [0.1, 0.15) is 13.2 Å². The van der Waals surface area contributed by atoms with Crippen molar-refractivity contribution in [3.8, 4) is 0 Å². The van der Waals surface area contributed by atoms with Crippen molar-refractivity contribution in [2.24, 2.45) is 0 Å². The molecule has 0 atom stereocenters. The van der Waals surface area contributed by atoms with Crippen LogP contribution in [0.2, 0.25) is 0 Å². The molecule has 0 saturated carbocycles. The fraction of sp³-hybridized carbons (Fsp3) is 1.00. The van der Waals surface area contributed by atoms with Gasteiger partial charge in [-0.2, -0.15) is 0 Å². The zero-order valence-electron chi connectivity index (χ0n) is 23.1. The molecule has 0 aromatic heterocycles. The first-order valence-corrected chi connectivity index (χ1v) is 15.6. The zero-order chi connectivity index (χ0) is 23.4. The van der Waals surface area contributed by atoms with Gasteiger partial charge in [-0.3, -0.25) is 0 Å². The molecule has 0 bridgehead atoms. The smallest absolute Gasteiger partial charge is 0.119 e. The molecule has 33 heavy (non-hydrogen) atoms. The number of hydrogen-bond donors (Lipinski definition) is 0. The van der Waals surface area contributed by atoms with Gasteiger partial charge < -0.3 is 0 Å². The summed E-state index contributed by atoms with van der Waals surface area (Å²) in [6.07, 6.45) is 31.9. The third-order valence-corrected chi connectivity index (χ3v) is 7.18. The van der Waals surface area contributed by atoms with Crippen LogP contribution in [0.25, 0.3) is 0 Å². The predicted molar refractivity (Wildman–Crippen MR) is 147 cm³/mol. The van der Waals surface area contributed by atoms with Gasteiger partial charge in [-0.25, -0.2) is 0 Å². The van der Waals surface area contributed by atoms with Crippen LogP contribution in [-0.4, -0.2) is 64.6 Å². The van der Waals surface area contributed by atoms with Gasteiger partial charge in [-0.05, 0) is 12.8 Å². The molecule has 0 rings (SSSR count). The van der Waals surface area contributed by atoms with Crippen molar-refractivity contribution >= 4 is 59.6 Å². The van der Waals surface area contributed by atoms with E-state index in [1.807, 2.05) is 0 Å². The van der Waals surface area contributed by atoms with Crippen molar-refractivity contribution in [2.45, 2.75) is 168 Å². The number of hydrogen-bond acceptors (Lipinski definition) is 3. The Morgan fingerprint density at radius 3 is 0.848 bits per heavy atom. The fourth-order valence-corrected chi connectivity index (χ4v) is 4.83. The SMILES string of the molecule is CCCCCCCCCCCCCCO[P+](=O)OCCCCCCCCCCCCCC.[K]. The van der Waals surface area contributed by atoms with E-state index in [1.54, 1.807) is 0 Å². The van der Waals surface area contributed by atoms with E-state index in [0.717, 1.165) is 12.8 Å². The minimum absolute atomic E-state index is 0. The maximum absolute atomic E-state index is 11.7. The van der Waals surface area contributed by atoms with Crippen molar-refractivity contribution in [2.75, 3.05) is 13.2 Å². The Kier molecular flexibility index (Phi) is 37.5. The largest absolute Gasteiger partial charge is 0.697 e. The van der Waals surface area contributed by atoms with Crippen molar-refractivity contribution in [3.63, 3.8) is 0 Å². The number of rotatable bonds is 28. The van der Waals surface area contributed by atoms with Crippen LogP contribution in [0, 0.1) is 0 Å². The van der Waals surface area contributed by atoms with Gasteiger partial charge >= 0.3 is 8.25 Å². The Balaban J connectivity index is 0. The Morgan fingerprint density at radius 2 is 0.606 bits per heavy atom. The second-order valence-corrected chi connectivity index (χ2v) is 10.6. The molecule has 0 unspecified atom stereocenters. The standard InChI is InChI=1S/C28H58O3P.K/c1-3-5-7-9-11-13-15-17-19-21-23-25-27-30-32(29)31-28-26-24-22-20-18-16-14-12-10-8-6-4-2;/h3-28H2,1-2H3;/q+1;. The molecule has 3 nitrogen and oxygen atoms in total. The van der Waals surface area contributed by atoms with Crippen molar-refractivity contribution in [1.29, 1.82) is 0 Å². The van der Waals surface area contributed by atoms with E-state index in [9.17, 15) is 4.57 Å². The molecular formula is C28H58KO3P+. The summed E-state index contributed by atoms with van der Waals surface area (Å²) in [5.41, 5.74) is 0. The van der Waals surface area contributed by atoms with Gasteiger partial charge in [0.2, 0.25) is 0 Å². The van der Waals surface area contributed by atoms with E-state index in [1.165, 1.54) is 141 Å². The van der Waals surface area contributed by atoms with Crippen LogP contribution in [0.4, 0.5) is 0 Å². The molecule has 0 aliphatic carbocycles. The minimum atomic E-state index is -1.91. The van der Waals surface area contributed by atoms with Gasteiger partial charge in [-0.15, -0.1) is 9.05 Å². The van der Waals surface area contributed by atoms with Gasteiger partial charge in [-0.1, -0.05) is 155 Å². The molecule has 0 heterocycles. The summed E-state index contributed by atoms with van der Waals surface area (Å²) in [5, 5.41) is 0. The second kappa shape index (κ2) is 33.7. The Labute approximate surface area is 252 Å². The maximum Gasteiger partial charge on any atom is 0.697 e. The van der Waals surface area contributed by atoms with Crippen LogP contribution in [0.3, 0.4) is 0 Å². The van der Waals surface area contributed by atoms with Crippen molar-refractivity contribution in [3.05, 3.63) is 0 Å².